The first-order valence-electron chi connectivity index (χ1n) is 12.7. The monoisotopic (exact) mass is 532 g/mol. The van der Waals surface area contributed by atoms with Crippen molar-refractivity contribution in [1.29, 1.82) is 0 Å². The Bertz CT molecular complexity index is 1350. The minimum atomic E-state index is -0.582. The van der Waals surface area contributed by atoms with Crippen molar-refractivity contribution in [2.75, 3.05) is 38.7 Å². The van der Waals surface area contributed by atoms with Gasteiger partial charge in [-0.15, -0.1) is 0 Å². The Morgan fingerprint density at radius 1 is 0.846 bits per heavy atom. The van der Waals surface area contributed by atoms with Gasteiger partial charge in [0.05, 0.1) is 24.2 Å². The molecule has 0 unspecified atom stereocenters. The van der Waals surface area contributed by atoms with Crippen LogP contribution in [-0.2, 0) is 0 Å². The van der Waals surface area contributed by atoms with Crippen LogP contribution in [0.2, 0.25) is 0 Å². The maximum Gasteiger partial charge on any atom is 0.293 e. The Morgan fingerprint density at radius 2 is 1.41 bits per heavy atom. The minimum absolute atomic E-state index is 0.119. The molecule has 4 rings (SSSR count). The lowest BCUT2D eigenvalue weighted by atomic mass is 10.1. The van der Waals surface area contributed by atoms with Gasteiger partial charge in [0.1, 0.15) is 29.7 Å². The molecule has 0 radical (unpaired) electrons. The fourth-order valence-electron chi connectivity index (χ4n) is 3.97. The Labute approximate surface area is 226 Å². The number of ether oxygens (including phenoxy) is 2. The summed E-state index contributed by atoms with van der Waals surface area (Å²) in [6, 6.07) is 18.3. The molecule has 0 saturated carbocycles. The van der Waals surface area contributed by atoms with E-state index in [0.29, 0.717) is 46.3 Å². The standard InChI is InChI=1S/C30H30F2N4O3/c1-4-36(5-2)16-17-39-24-14-15-28(38-3)27(18-24)35-30(37)29-33-25(20-6-10-22(31)11-7-20)19-26(34-29)21-8-12-23(32)13-9-21/h6-15,18-19H,4-5,16-17H2,1-3H3,(H,35,37). The molecule has 1 amide bonds. The maximum atomic E-state index is 13.5. The predicted molar refractivity (Wildman–Crippen MR) is 147 cm³/mol. The van der Waals surface area contributed by atoms with Crippen molar-refractivity contribution < 1.29 is 23.0 Å². The average molecular weight is 533 g/mol. The zero-order valence-electron chi connectivity index (χ0n) is 22.1. The van der Waals surface area contributed by atoms with E-state index in [9.17, 15) is 13.6 Å². The van der Waals surface area contributed by atoms with E-state index in [2.05, 4.69) is 34.0 Å². The Morgan fingerprint density at radius 3 is 1.92 bits per heavy atom. The molecule has 7 nitrogen and oxygen atoms in total. The summed E-state index contributed by atoms with van der Waals surface area (Å²) in [6.07, 6.45) is 0. The number of carbonyl (C=O) groups is 1. The van der Waals surface area contributed by atoms with Crippen LogP contribution in [0.5, 0.6) is 11.5 Å². The van der Waals surface area contributed by atoms with Crippen LogP contribution >= 0.6 is 0 Å². The number of anilines is 1. The number of amides is 1. The normalized spacial score (nSPS) is 10.9. The number of carbonyl (C=O) groups excluding carboxylic acids is 1. The molecule has 202 valence electrons. The number of benzene rings is 3. The van der Waals surface area contributed by atoms with Crippen molar-refractivity contribution in [2.45, 2.75) is 13.8 Å². The number of hydrogen-bond donors (Lipinski definition) is 1. The predicted octanol–water partition coefficient (Wildman–Crippen LogP) is 6.07. The van der Waals surface area contributed by atoms with Gasteiger partial charge in [-0.1, -0.05) is 13.8 Å². The second-order valence-corrected chi connectivity index (χ2v) is 8.67. The molecule has 1 aromatic heterocycles. The summed E-state index contributed by atoms with van der Waals surface area (Å²) in [6.45, 7) is 7.32. The van der Waals surface area contributed by atoms with Crippen molar-refractivity contribution in [3.05, 3.63) is 90.3 Å². The third-order valence-corrected chi connectivity index (χ3v) is 6.20. The lowest BCUT2D eigenvalue weighted by Crippen LogP contribution is -2.27. The lowest BCUT2D eigenvalue weighted by molar-refractivity contribution is 0.101. The first-order valence-corrected chi connectivity index (χ1v) is 12.7. The Hall–Kier alpha value is -4.37. The van der Waals surface area contributed by atoms with Gasteiger partial charge in [0.15, 0.2) is 0 Å². The fraction of sp³-hybridized carbons (Fsp3) is 0.233. The van der Waals surface area contributed by atoms with Crippen molar-refractivity contribution in [2.24, 2.45) is 0 Å². The van der Waals surface area contributed by atoms with Gasteiger partial charge in [-0.05, 0) is 79.8 Å². The molecule has 0 aliphatic rings. The van der Waals surface area contributed by atoms with E-state index in [4.69, 9.17) is 9.47 Å². The summed E-state index contributed by atoms with van der Waals surface area (Å²) in [5.74, 6) is -0.474. The smallest absolute Gasteiger partial charge is 0.293 e. The number of rotatable bonds is 11. The van der Waals surface area contributed by atoms with E-state index in [0.717, 1.165) is 19.6 Å². The molecule has 0 spiro atoms. The minimum Gasteiger partial charge on any atom is -0.495 e. The highest BCUT2D eigenvalue weighted by atomic mass is 19.1. The zero-order chi connectivity index (χ0) is 27.8. The van der Waals surface area contributed by atoms with E-state index < -0.39 is 17.5 Å². The Balaban J connectivity index is 1.64. The average Bonchev–Trinajstić information content (AvgIpc) is 2.96. The van der Waals surface area contributed by atoms with E-state index in [1.807, 2.05) is 0 Å². The number of likely N-dealkylation sites (N-methyl/N-ethyl adjacent to an activating group) is 1. The van der Waals surface area contributed by atoms with Crippen LogP contribution in [-0.4, -0.2) is 54.1 Å². The third kappa shape index (κ3) is 7.14. The topological polar surface area (TPSA) is 76.6 Å². The highest BCUT2D eigenvalue weighted by Crippen LogP contribution is 2.30. The molecule has 4 aromatic rings. The molecule has 0 bridgehead atoms. The largest absolute Gasteiger partial charge is 0.495 e. The van der Waals surface area contributed by atoms with E-state index in [-0.39, 0.29) is 5.82 Å². The molecule has 9 heteroatoms. The number of aromatic nitrogens is 2. The van der Waals surface area contributed by atoms with Crippen LogP contribution in [0.1, 0.15) is 24.5 Å². The van der Waals surface area contributed by atoms with Gasteiger partial charge in [0.25, 0.3) is 5.91 Å². The first-order chi connectivity index (χ1) is 18.9. The molecular formula is C30H30F2N4O3. The molecule has 1 N–H and O–H groups in total. The number of halogens is 2. The summed E-state index contributed by atoms with van der Waals surface area (Å²) in [5.41, 5.74) is 2.40. The number of nitrogens with one attached hydrogen (secondary N) is 1. The summed E-state index contributed by atoms with van der Waals surface area (Å²) < 4.78 is 38.4. The first kappa shape index (κ1) is 27.7. The maximum absolute atomic E-state index is 13.5. The number of nitrogens with zero attached hydrogens (tertiary/aromatic N) is 3. The number of hydrogen-bond acceptors (Lipinski definition) is 6. The molecule has 1 heterocycles. The highest BCUT2D eigenvalue weighted by Gasteiger charge is 2.17. The SMILES string of the molecule is CCN(CC)CCOc1ccc(OC)c(NC(=O)c2nc(-c3ccc(F)cc3)cc(-c3ccc(F)cc3)n2)c1. The highest BCUT2D eigenvalue weighted by molar-refractivity contribution is 6.03. The summed E-state index contributed by atoms with van der Waals surface area (Å²) in [7, 11) is 1.50. The van der Waals surface area contributed by atoms with Gasteiger partial charge in [-0.25, -0.2) is 18.7 Å². The van der Waals surface area contributed by atoms with E-state index in [1.54, 1.807) is 48.5 Å². The number of methoxy groups -OCH3 is 1. The van der Waals surface area contributed by atoms with Crippen LogP contribution in [0.4, 0.5) is 14.5 Å². The molecule has 0 aliphatic heterocycles. The summed E-state index contributed by atoms with van der Waals surface area (Å²) in [5, 5.41) is 2.82. The van der Waals surface area contributed by atoms with Crippen molar-refractivity contribution in [3.63, 3.8) is 0 Å². The van der Waals surface area contributed by atoms with Gasteiger partial charge >= 0.3 is 0 Å². The zero-order valence-corrected chi connectivity index (χ0v) is 22.1. The van der Waals surface area contributed by atoms with Gasteiger partial charge in [-0.2, -0.15) is 0 Å². The van der Waals surface area contributed by atoms with Crippen molar-refractivity contribution >= 4 is 11.6 Å². The van der Waals surface area contributed by atoms with Crippen molar-refractivity contribution in [3.8, 4) is 34.0 Å². The second kappa shape index (κ2) is 12.9. The molecular weight excluding hydrogens is 502 g/mol. The summed E-state index contributed by atoms with van der Waals surface area (Å²) >= 11 is 0. The molecule has 0 saturated heterocycles. The van der Waals surface area contributed by atoms with Gasteiger partial charge in [0.2, 0.25) is 5.82 Å². The molecule has 0 fully saturated rings. The van der Waals surface area contributed by atoms with Gasteiger partial charge in [-0.3, -0.25) is 4.79 Å². The second-order valence-electron chi connectivity index (χ2n) is 8.67. The summed E-state index contributed by atoms with van der Waals surface area (Å²) in [4.78, 5) is 24.5. The molecule has 39 heavy (non-hydrogen) atoms. The quantitative estimate of drug-likeness (QED) is 0.253. The van der Waals surface area contributed by atoms with Crippen LogP contribution in [0.3, 0.4) is 0 Å². The van der Waals surface area contributed by atoms with Crippen LogP contribution in [0, 0.1) is 11.6 Å². The Kier molecular flexibility index (Phi) is 9.17. The molecule has 3 aromatic carbocycles. The molecule has 0 atom stereocenters. The van der Waals surface area contributed by atoms with Crippen LogP contribution in [0.25, 0.3) is 22.5 Å². The van der Waals surface area contributed by atoms with E-state index >= 15 is 0 Å². The van der Waals surface area contributed by atoms with E-state index in [1.165, 1.54) is 31.4 Å². The van der Waals surface area contributed by atoms with Crippen molar-refractivity contribution in [1.82, 2.24) is 14.9 Å². The lowest BCUT2D eigenvalue weighted by Gasteiger charge is -2.18. The fourth-order valence-corrected chi connectivity index (χ4v) is 3.97. The molecule has 0 aliphatic carbocycles. The van der Waals surface area contributed by atoms with Crippen LogP contribution in [0.15, 0.2) is 72.8 Å². The van der Waals surface area contributed by atoms with Gasteiger partial charge in [0, 0.05) is 23.7 Å². The van der Waals surface area contributed by atoms with Gasteiger partial charge < -0.3 is 19.7 Å². The third-order valence-electron chi connectivity index (χ3n) is 6.20. The van der Waals surface area contributed by atoms with Crippen LogP contribution < -0.4 is 14.8 Å².